The molecule has 1 amide bonds. The van der Waals surface area contributed by atoms with E-state index in [2.05, 4.69) is 5.32 Å². The van der Waals surface area contributed by atoms with E-state index >= 15 is 0 Å². The fourth-order valence-electron chi connectivity index (χ4n) is 1.64. The van der Waals surface area contributed by atoms with Crippen molar-refractivity contribution in [3.63, 3.8) is 0 Å². The first-order valence-electron chi connectivity index (χ1n) is 6.72. The summed E-state index contributed by atoms with van der Waals surface area (Å²) in [6, 6.07) is 3.67. The van der Waals surface area contributed by atoms with Crippen LogP contribution >= 0.6 is 0 Å². The molecular formula is C14H18N2O6. The maximum absolute atomic E-state index is 11.8. The van der Waals surface area contributed by atoms with Gasteiger partial charge in [-0.15, -0.1) is 0 Å². The molecule has 1 N–H and O–H groups in total. The maximum atomic E-state index is 11.8. The van der Waals surface area contributed by atoms with Gasteiger partial charge in [-0.25, -0.2) is 4.79 Å². The largest absolute Gasteiger partial charge is 0.487 e. The average molecular weight is 310 g/mol. The summed E-state index contributed by atoms with van der Waals surface area (Å²) in [7, 11) is 0. The maximum Gasteiger partial charge on any atom is 0.338 e. The molecular weight excluding hydrogens is 292 g/mol. The van der Waals surface area contributed by atoms with Crippen LogP contribution in [0.3, 0.4) is 0 Å². The Morgan fingerprint density at radius 1 is 1.36 bits per heavy atom. The molecule has 22 heavy (non-hydrogen) atoms. The van der Waals surface area contributed by atoms with E-state index in [4.69, 9.17) is 9.47 Å². The zero-order chi connectivity index (χ0) is 16.7. The van der Waals surface area contributed by atoms with E-state index in [-0.39, 0.29) is 29.6 Å². The zero-order valence-corrected chi connectivity index (χ0v) is 12.6. The van der Waals surface area contributed by atoms with Gasteiger partial charge in [-0.3, -0.25) is 14.9 Å². The van der Waals surface area contributed by atoms with Crippen LogP contribution in [0, 0.1) is 10.1 Å². The fourth-order valence-corrected chi connectivity index (χ4v) is 1.64. The zero-order valence-electron chi connectivity index (χ0n) is 12.6. The van der Waals surface area contributed by atoms with E-state index in [1.165, 1.54) is 12.1 Å². The van der Waals surface area contributed by atoms with Gasteiger partial charge in [0.05, 0.1) is 17.1 Å². The molecule has 0 aliphatic carbocycles. The molecule has 0 aliphatic rings. The Bertz CT molecular complexity index is 570. The topological polar surface area (TPSA) is 108 Å². The molecule has 0 saturated heterocycles. The lowest BCUT2D eigenvalue weighted by Gasteiger charge is -2.09. The summed E-state index contributed by atoms with van der Waals surface area (Å²) in [6.45, 7) is 5.06. The van der Waals surface area contributed by atoms with E-state index in [0.717, 1.165) is 6.07 Å². The lowest BCUT2D eigenvalue weighted by molar-refractivity contribution is -0.385. The number of carbonyl (C=O) groups excluding carboxylic acids is 2. The number of nitro benzene ring substituents is 1. The third-order valence-corrected chi connectivity index (χ3v) is 2.48. The summed E-state index contributed by atoms with van der Waals surface area (Å²) >= 11 is 0. The van der Waals surface area contributed by atoms with Crippen LogP contribution in [0.2, 0.25) is 0 Å². The first-order valence-corrected chi connectivity index (χ1v) is 6.72. The minimum Gasteiger partial charge on any atom is -0.487 e. The third-order valence-electron chi connectivity index (χ3n) is 2.48. The first-order chi connectivity index (χ1) is 10.3. The molecule has 8 nitrogen and oxygen atoms in total. The Kier molecular flexibility index (Phi) is 6.30. The third kappa shape index (κ3) is 5.04. The summed E-state index contributed by atoms with van der Waals surface area (Å²) < 4.78 is 9.93. The molecule has 0 unspecified atom stereocenters. The standard InChI is InChI=1S/C14H18N2O6/c1-4-21-12-6-5-10(7-11(12)16(19)20)14(18)22-8-13(17)15-9(2)3/h5-7,9H,4,8H2,1-3H3,(H,15,17). The van der Waals surface area contributed by atoms with Crippen molar-refractivity contribution in [1.29, 1.82) is 0 Å². The van der Waals surface area contributed by atoms with Crippen molar-refractivity contribution >= 4 is 17.6 Å². The van der Waals surface area contributed by atoms with Gasteiger partial charge in [0.1, 0.15) is 0 Å². The molecule has 0 spiro atoms. The van der Waals surface area contributed by atoms with Gasteiger partial charge in [0, 0.05) is 12.1 Å². The lowest BCUT2D eigenvalue weighted by atomic mass is 10.2. The molecule has 1 aromatic rings. The number of hydrogen-bond acceptors (Lipinski definition) is 6. The molecule has 8 heteroatoms. The van der Waals surface area contributed by atoms with E-state index < -0.39 is 23.4 Å². The summed E-state index contributed by atoms with van der Waals surface area (Å²) in [5, 5.41) is 13.5. The quantitative estimate of drug-likeness (QED) is 0.466. The number of ether oxygens (including phenoxy) is 2. The number of rotatable bonds is 7. The van der Waals surface area contributed by atoms with Gasteiger partial charge in [0.2, 0.25) is 0 Å². The highest BCUT2D eigenvalue weighted by molar-refractivity contribution is 5.92. The lowest BCUT2D eigenvalue weighted by Crippen LogP contribution is -2.33. The van der Waals surface area contributed by atoms with Gasteiger partial charge < -0.3 is 14.8 Å². The Labute approximate surface area is 127 Å². The van der Waals surface area contributed by atoms with Crippen molar-refractivity contribution in [3.8, 4) is 5.75 Å². The number of nitrogens with one attached hydrogen (secondary N) is 1. The van der Waals surface area contributed by atoms with Crippen molar-refractivity contribution in [2.45, 2.75) is 26.8 Å². The van der Waals surface area contributed by atoms with Gasteiger partial charge in [-0.2, -0.15) is 0 Å². The Morgan fingerprint density at radius 3 is 2.59 bits per heavy atom. The second kappa shape index (κ2) is 7.96. The second-order valence-electron chi connectivity index (χ2n) is 4.67. The number of carbonyl (C=O) groups is 2. The Morgan fingerprint density at radius 2 is 2.05 bits per heavy atom. The van der Waals surface area contributed by atoms with Crippen LogP contribution in [0.4, 0.5) is 5.69 Å². The normalized spacial score (nSPS) is 10.2. The smallest absolute Gasteiger partial charge is 0.338 e. The highest BCUT2D eigenvalue weighted by atomic mass is 16.6. The molecule has 0 bridgehead atoms. The molecule has 1 rings (SSSR count). The van der Waals surface area contributed by atoms with Crippen LogP contribution in [-0.2, 0) is 9.53 Å². The number of benzene rings is 1. The summed E-state index contributed by atoms with van der Waals surface area (Å²) in [5.74, 6) is -1.18. The van der Waals surface area contributed by atoms with E-state index in [0.29, 0.717) is 0 Å². The Hall–Kier alpha value is -2.64. The summed E-state index contributed by atoms with van der Waals surface area (Å²) in [6.07, 6.45) is 0. The van der Waals surface area contributed by atoms with Crippen LogP contribution < -0.4 is 10.1 Å². The van der Waals surface area contributed by atoms with Crippen LogP contribution in [0.15, 0.2) is 18.2 Å². The minimum absolute atomic E-state index is 0.0208. The summed E-state index contributed by atoms with van der Waals surface area (Å²) in [5.41, 5.74) is -0.351. The molecule has 0 aliphatic heterocycles. The predicted octanol–water partition coefficient (Wildman–Crippen LogP) is 1.67. The van der Waals surface area contributed by atoms with Crippen molar-refractivity contribution in [1.82, 2.24) is 5.32 Å². The van der Waals surface area contributed by atoms with Crippen LogP contribution in [-0.4, -0.2) is 36.1 Å². The van der Waals surface area contributed by atoms with Crippen LogP contribution in [0.25, 0.3) is 0 Å². The predicted molar refractivity (Wildman–Crippen MR) is 77.8 cm³/mol. The van der Waals surface area contributed by atoms with Crippen LogP contribution in [0.5, 0.6) is 5.75 Å². The number of nitrogens with zero attached hydrogens (tertiary/aromatic N) is 1. The summed E-state index contributed by atoms with van der Waals surface area (Å²) in [4.78, 5) is 33.5. The number of hydrogen-bond donors (Lipinski definition) is 1. The van der Waals surface area contributed by atoms with E-state index in [9.17, 15) is 19.7 Å². The SMILES string of the molecule is CCOc1ccc(C(=O)OCC(=O)NC(C)C)cc1[N+](=O)[O-]. The first kappa shape index (κ1) is 17.4. The second-order valence-corrected chi connectivity index (χ2v) is 4.67. The van der Waals surface area contributed by atoms with Crippen molar-refractivity contribution in [3.05, 3.63) is 33.9 Å². The van der Waals surface area contributed by atoms with Crippen LogP contribution in [0.1, 0.15) is 31.1 Å². The molecule has 0 atom stereocenters. The van der Waals surface area contributed by atoms with Gasteiger partial charge in [0.25, 0.3) is 5.91 Å². The fraction of sp³-hybridized carbons (Fsp3) is 0.429. The molecule has 0 saturated carbocycles. The molecule has 0 aromatic heterocycles. The molecule has 120 valence electrons. The van der Waals surface area contributed by atoms with Crippen molar-refractivity contribution in [2.24, 2.45) is 0 Å². The molecule has 1 aromatic carbocycles. The van der Waals surface area contributed by atoms with E-state index in [1.807, 2.05) is 0 Å². The van der Waals surface area contributed by atoms with Crippen molar-refractivity contribution < 1.29 is 24.0 Å². The highest BCUT2D eigenvalue weighted by Crippen LogP contribution is 2.28. The number of esters is 1. The average Bonchev–Trinajstić information content (AvgIpc) is 2.44. The molecule has 0 radical (unpaired) electrons. The van der Waals surface area contributed by atoms with Gasteiger partial charge >= 0.3 is 11.7 Å². The van der Waals surface area contributed by atoms with E-state index in [1.54, 1.807) is 20.8 Å². The monoisotopic (exact) mass is 310 g/mol. The van der Waals surface area contributed by atoms with Gasteiger partial charge in [-0.05, 0) is 32.9 Å². The Balaban J connectivity index is 2.79. The minimum atomic E-state index is -0.815. The highest BCUT2D eigenvalue weighted by Gasteiger charge is 2.20. The van der Waals surface area contributed by atoms with Gasteiger partial charge in [0.15, 0.2) is 12.4 Å². The van der Waals surface area contributed by atoms with Crippen molar-refractivity contribution in [2.75, 3.05) is 13.2 Å². The van der Waals surface area contributed by atoms with Gasteiger partial charge in [-0.1, -0.05) is 0 Å². The number of nitro groups is 1. The number of amides is 1. The molecule has 0 fully saturated rings. The molecule has 0 heterocycles.